The van der Waals surface area contributed by atoms with Crippen LogP contribution >= 0.6 is 0 Å². The van der Waals surface area contributed by atoms with E-state index in [-0.39, 0.29) is 17.6 Å². The van der Waals surface area contributed by atoms with Gasteiger partial charge in [0.2, 0.25) is 0 Å². The minimum atomic E-state index is -0.627. The van der Waals surface area contributed by atoms with Crippen molar-refractivity contribution in [3.63, 3.8) is 0 Å². The lowest BCUT2D eigenvalue weighted by molar-refractivity contribution is 0.0547. The first-order chi connectivity index (χ1) is 11.1. The van der Waals surface area contributed by atoms with E-state index >= 15 is 0 Å². The lowest BCUT2D eigenvalue weighted by atomic mass is 10.00. The Morgan fingerprint density at radius 2 is 2.39 bits per heavy atom. The molecule has 7 nitrogen and oxygen atoms in total. The monoisotopic (exact) mass is 319 g/mol. The van der Waals surface area contributed by atoms with Crippen LogP contribution < -0.4 is 0 Å². The summed E-state index contributed by atoms with van der Waals surface area (Å²) >= 11 is 0. The van der Waals surface area contributed by atoms with Gasteiger partial charge in [-0.05, 0) is 19.4 Å². The predicted molar refractivity (Wildman–Crippen MR) is 79.4 cm³/mol. The van der Waals surface area contributed by atoms with E-state index in [0.717, 1.165) is 18.4 Å². The van der Waals surface area contributed by atoms with E-state index in [1.165, 1.54) is 17.2 Å². The Kier molecular flexibility index (Phi) is 4.33. The van der Waals surface area contributed by atoms with Gasteiger partial charge in [0.05, 0.1) is 23.8 Å². The van der Waals surface area contributed by atoms with E-state index in [1.807, 2.05) is 6.92 Å². The molecule has 1 aliphatic heterocycles. The number of H-pyrrole nitrogens is 1. The lowest BCUT2D eigenvalue weighted by Gasteiger charge is -2.24. The maximum Gasteiger partial charge on any atom is 0.256 e. The second-order valence-corrected chi connectivity index (χ2v) is 5.62. The van der Waals surface area contributed by atoms with Crippen LogP contribution in [0.25, 0.3) is 0 Å². The number of ether oxygens (including phenoxy) is 1. The molecule has 1 aliphatic rings. The van der Waals surface area contributed by atoms with Crippen LogP contribution in [0.2, 0.25) is 0 Å². The number of carbonyl (C=O) groups excluding carboxylic acids is 1. The van der Waals surface area contributed by atoms with Crippen LogP contribution in [0.1, 0.15) is 34.3 Å². The number of likely N-dealkylation sites (N-methyl/N-ethyl adjacent to an activating group) is 1. The van der Waals surface area contributed by atoms with E-state index in [4.69, 9.17) is 4.74 Å². The van der Waals surface area contributed by atoms with Gasteiger partial charge in [-0.1, -0.05) is 0 Å². The molecular weight excluding hydrogens is 301 g/mol. The highest BCUT2D eigenvalue weighted by Gasteiger charge is 2.34. The molecule has 1 amide bonds. The Balaban J connectivity index is 1.70. The lowest BCUT2D eigenvalue weighted by Crippen LogP contribution is -2.36. The first-order valence-electron chi connectivity index (χ1n) is 7.41. The quantitative estimate of drug-likeness (QED) is 0.918. The number of nitrogens with one attached hydrogen (secondary N) is 1. The average molecular weight is 319 g/mol. The fraction of sp³-hybridized carbons (Fsp3) is 0.467. The Morgan fingerprint density at radius 3 is 3.09 bits per heavy atom. The van der Waals surface area contributed by atoms with Crippen molar-refractivity contribution in [1.82, 2.24) is 25.1 Å². The summed E-state index contributed by atoms with van der Waals surface area (Å²) in [6.45, 7) is 2.77. The van der Waals surface area contributed by atoms with E-state index in [0.29, 0.717) is 19.0 Å². The van der Waals surface area contributed by atoms with Crippen LogP contribution in [0.3, 0.4) is 0 Å². The Labute approximate surface area is 132 Å². The first-order valence-corrected chi connectivity index (χ1v) is 7.41. The largest absolute Gasteiger partial charge is 0.376 e. The van der Waals surface area contributed by atoms with Crippen LogP contribution in [0.5, 0.6) is 0 Å². The zero-order valence-electron chi connectivity index (χ0n) is 13.0. The fourth-order valence-corrected chi connectivity index (χ4v) is 2.76. The minimum Gasteiger partial charge on any atom is -0.376 e. The number of rotatable bonds is 4. The Morgan fingerprint density at radius 1 is 1.57 bits per heavy atom. The second-order valence-electron chi connectivity index (χ2n) is 5.62. The highest BCUT2D eigenvalue weighted by atomic mass is 19.1. The molecule has 122 valence electrons. The minimum absolute atomic E-state index is 0.00536. The van der Waals surface area contributed by atoms with Gasteiger partial charge in [-0.3, -0.25) is 14.9 Å². The molecule has 1 saturated heterocycles. The van der Waals surface area contributed by atoms with Gasteiger partial charge in [0.25, 0.3) is 5.91 Å². The molecule has 3 heterocycles. The van der Waals surface area contributed by atoms with Gasteiger partial charge in [0.1, 0.15) is 5.82 Å². The summed E-state index contributed by atoms with van der Waals surface area (Å²) in [5, 5.41) is 7.01. The number of amides is 1. The molecule has 0 bridgehead atoms. The van der Waals surface area contributed by atoms with Crippen LogP contribution in [-0.2, 0) is 4.74 Å². The van der Waals surface area contributed by atoms with E-state index in [1.54, 1.807) is 7.05 Å². The number of nitrogens with zero attached hydrogens (tertiary/aromatic N) is 4. The molecule has 2 aromatic heterocycles. The number of hydrogen-bond donors (Lipinski definition) is 1. The number of aryl methyl sites for hydroxylation is 1. The average Bonchev–Trinajstić information content (AvgIpc) is 3.15. The van der Waals surface area contributed by atoms with Crippen LogP contribution in [0, 0.1) is 12.7 Å². The summed E-state index contributed by atoms with van der Waals surface area (Å²) in [5.41, 5.74) is 0.00536. The zero-order valence-corrected chi connectivity index (χ0v) is 13.0. The maximum absolute atomic E-state index is 13.7. The summed E-state index contributed by atoms with van der Waals surface area (Å²) in [4.78, 5) is 21.8. The molecule has 1 fully saturated rings. The molecular formula is C15H18FN5O2. The van der Waals surface area contributed by atoms with Gasteiger partial charge >= 0.3 is 0 Å². The van der Waals surface area contributed by atoms with Crippen LogP contribution in [-0.4, -0.2) is 57.3 Å². The number of aromatic nitrogens is 4. The Bertz CT molecular complexity index is 705. The van der Waals surface area contributed by atoms with Crippen molar-refractivity contribution in [2.24, 2.45) is 0 Å². The molecule has 23 heavy (non-hydrogen) atoms. The van der Waals surface area contributed by atoms with Gasteiger partial charge < -0.3 is 9.64 Å². The number of halogens is 1. The molecule has 2 aromatic rings. The summed E-state index contributed by atoms with van der Waals surface area (Å²) in [6.07, 6.45) is 3.03. The Hall–Kier alpha value is -2.35. The molecule has 0 spiro atoms. The van der Waals surface area contributed by atoms with Crippen molar-refractivity contribution >= 4 is 5.91 Å². The third-order valence-corrected chi connectivity index (χ3v) is 3.96. The molecule has 0 radical (unpaired) electrons. The summed E-state index contributed by atoms with van der Waals surface area (Å²) in [6, 6.07) is 1.37. The molecule has 1 N–H and O–H groups in total. The summed E-state index contributed by atoms with van der Waals surface area (Å²) in [5.74, 6) is 0.440. The first kappa shape index (κ1) is 15.5. The highest BCUT2D eigenvalue weighted by molar-refractivity contribution is 5.94. The number of aromatic amines is 1. The topological polar surface area (TPSA) is 84.0 Å². The van der Waals surface area contributed by atoms with E-state index in [9.17, 15) is 9.18 Å². The third-order valence-electron chi connectivity index (χ3n) is 3.96. The molecule has 0 unspecified atom stereocenters. The molecule has 0 aliphatic carbocycles. The predicted octanol–water partition coefficient (Wildman–Crippen LogP) is 1.29. The zero-order chi connectivity index (χ0) is 16.4. The van der Waals surface area contributed by atoms with Crippen molar-refractivity contribution in [3.8, 4) is 0 Å². The number of carbonyl (C=O) groups is 1. The molecule has 8 heteroatoms. The molecule has 0 aromatic carbocycles. The summed E-state index contributed by atoms with van der Waals surface area (Å²) < 4.78 is 19.4. The van der Waals surface area contributed by atoms with Crippen molar-refractivity contribution in [2.75, 3.05) is 20.2 Å². The second kappa shape index (κ2) is 6.41. The van der Waals surface area contributed by atoms with Crippen LogP contribution in [0.15, 0.2) is 18.5 Å². The van der Waals surface area contributed by atoms with Gasteiger partial charge in [-0.25, -0.2) is 9.37 Å². The smallest absolute Gasteiger partial charge is 0.256 e. The SMILES string of the molecule is Cc1nc([C@@H]2CCO[C@@H]2CN(C)C(=O)c2ccncc2F)n[nH]1. The van der Waals surface area contributed by atoms with Crippen molar-refractivity contribution in [1.29, 1.82) is 0 Å². The van der Waals surface area contributed by atoms with Gasteiger partial charge in [-0.2, -0.15) is 5.10 Å². The van der Waals surface area contributed by atoms with Crippen molar-refractivity contribution in [2.45, 2.75) is 25.4 Å². The normalized spacial score (nSPS) is 20.7. The van der Waals surface area contributed by atoms with Crippen molar-refractivity contribution in [3.05, 3.63) is 41.5 Å². The molecule has 0 saturated carbocycles. The standard InChI is InChI=1S/C15H18FN5O2/c1-9-18-14(20-19-9)11-4-6-23-13(11)8-21(2)15(22)10-3-5-17-7-12(10)16/h3,5,7,11,13H,4,6,8H2,1-2H3,(H,18,19,20)/t11-,13-/m1/s1. The molecule has 3 rings (SSSR count). The van der Waals surface area contributed by atoms with E-state index in [2.05, 4.69) is 20.2 Å². The molecule has 2 atom stereocenters. The maximum atomic E-state index is 13.7. The van der Waals surface area contributed by atoms with Gasteiger partial charge in [0, 0.05) is 26.4 Å². The highest BCUT2D eigenvalue weighted by Crippen LogP contribution is 2.29. The van der Waals surface area contributed by atoms with Gasteiger partial charge in [0.15, 0.2) is 11.6 Å². The fourth-order valence-electron chi connectivity index (χ4n) is 2.76. The number of hydrogen-bond acceptors (Lipinski definition) is 5. The number of pyridine rings is 1. The summed E-state index contributed by atoms with van der Waals surface area (Å²) in [7, 11) is 1.63. The van der Waals surface area contributed by atoms with Crippen molar-refractivity contribution < 1.29 is 13.9 Å². The van der Waals surface area contributed by atoms with Crippen LogP contribution in [0.4, 0.5) is 4.39 Å². The van der Waals surface area contributed by atoms with Gasteiger partial charge in [-0.15, -0.1) is 0 Å². The third kappa shape index (κ3) is 3.21. The van der Waals surface area contributed by atoms with E-state index < -0.39 is 11.7 Å².